The molecule has 2 spiro atoms. The fraction of sp³-hybridized carbons (Fsp3) is 0.394. The molecule has 0 saturated heterocycles. The van der Waals surface area contributed by atoms with Crippen LogP contribution >= 0.6 is 0 Å². The third-order valence-electron chi connectivity index (χ3n) is 9.93. The summed E-state index contributed by atoms with van der Waals surface area (Å²) in [4.78, 5) is 13.6. The van der Waals surface area contributed by atoms with Crippen LogP contribution in [0.25, 0.3) is 0 Å². The summed E-state index contributed by atoms with van der Waals surface area (Å²) in [5.74, 6) is 0. The lowest BCUT2D eigenvalue weighted by molar-refractivity contribution is 0.108. The number of aromatic nitrogens is 4. The summed E-state index contributed by atoms with van der Waals surface area (Å²) in [6, 6.07) is 16.8. The summed E-state index contributed by atoms with van der Waals surface area (Å²) in [7, 11) is 4.39. The lowest BCUT2D eigenvalue weighted by Gasteiger charge is -2.49. The summed E-state index contributed by atoms with van der Waals surface area (Å²) in [5.41, 5.74) is 9.27. The van der Waals surface area contributed by atoms with Gasteiger partial charge in [-0.15, -0.1) is 0 Å². The summed E-state index contributed by atoms with van der Waals surface area (Å²) in [6.45, 7) is 4.02. The Balaban J connectivity index is 0.000000135. The maximum atomic E-state index is 9.14. The number of hydrogen-bond acceptors (Lipinski definition) is 6. The van der Waals surface area contributed by atoms with Gasteiger partial charge in [0.25, 0.3) is 0 Å². The zero-order chi connectivity index (χ0) is 28.2. The SMILES string of the molecule is CN1CCc2cc(C#N)ccc2C12CCCn1cncc12.CN1Cc2cc(C#N)ccc2C12CCCn1cncc12. The quantitative estimate of drug-likeness (QED) is 0.325. The number of nitrogens with zero attached hydrogens (tertiary/aromatic N) is 8. The minimum absolute atomic E-state index is 0.0575. The highest BCUT2D eigenvalue weighted by Crippen LogP contribution is 2.49. The number of fused-ring (bicyclic) bond motifs is 8. The maximum absolute atomic E-state index is 9.14. The van der Waals surface area contributed by atoms with Gasteiger partial charge in [-0.2, -0.15) is 10.5 Å². The zero-order valence-corrected chi connectivity index (χ0v) is 23.7. The normalized spacial score (nSPS) is 24.4. The average molecular weight is 543 g/mol. The number of likely N-dealkylation sites (N-methyl/N-ethyl adjacent to an activating group) is 1. The van der Waals surface area contributed by atoms with Crippen molar-refractivity contribution in [2.75, 3.05) is 20.6 Å². The molecule has 41 heavy (non-hydrogen) atoms. The first-order valence-electron chi connectivity index (χ1n) is 14.5. The largest absolute Gasteiger partial charge is 0.333 e. The molecule has 4 aliphatic heterocycles. The van der Waals surface area contributed by atoms with E-state index in [-0.39, 0.29) is 11.1 Å². The average Bonchev–Trinajstić information content (AvgIpc) is 3.75. The molecule has 0 N–H and O–H groups in total. The highest BCUT2D eigenvalue weighted by molar-refractivity contribution is 5.49. The lowest BCUT2D eigenvalue weighted by atomic mass is 9.74. The lowest BCUT2D eigenvalue weighted by Crippen LogP contribution is -2.52. The van der Waals surface area contributed by atoms with Crippen LogP contribution in [0.15, 0.2) is 61.4 Å². The summed E-state index contributed by atoms with van der Waals surface area (Å²) in [5, 5.41) is 18.2. The van der Waals surface area contributed by atoms with Crippen LogP contribution in [0.1, 0.15) is 70.5 Å². The molecule has 6 heterocycles. The first-order valence-corrected chi connectivity index (χ1v) is 14.5. The van der Waals surface area contributed by atoms with E-state index in [0.717, 1.165) is 69.4 Å². The number of rotatable bonds is 0. The zero-order valence-electron chi connectivity index (χ0n) is 23.7. The van der Waals surface area contributed by atoms with Gasteiger partial charge >= 0.3 is 0 Å². The molecule has 2 aromatic carbocycles. The van der Waals surface area contributed by atoms with Crippen LogP contribution in [-0.4, -0.2) is 49.5 Å². The highest BCUT2D eigenvalue weighted by atomic mass is 15.2. The standard InChI is InChI=1S/C17H18N4.C16H16N4/c1-20-8-5-14-9-13(10-18)3-4-15(14)17(20)6-2-7-21-12-19-11-16(17)21;1-19-10-13-7-12(8-17)3-4-14(13)16(19)5-2-6-20-11-18-9-15(16)20/h3-4,9,11-12H,2,5-8H2,1H3;3-4,7,9,11H,2,5-6,10H2,1H3. The highest BCUT2D eigenvalue weighted by Gasteiger charge is 2.48. The van der Waals surface area contributed by atoms with Crippen molar-refractivity contribution in [1.82, 2.24) is 28.9 Å². The van der Waals surface area contributed by atoms with Gasteiger partial charge in [0.15, 0.2) is 0 Å². The smallest absolute Gasteiger partial charge is 0.0991 e. The monoisotopic (exact) mass is 542 g/mol. The van der Waals surface area contributed by atoms with Gasteiger partial charge in [-0.25, -0.2) is 9.97 Å². The van der Waals surface area contributed by atoms with Crippen molar-refractivity contribution >= 4 is 0 Å². The van der Waals surface area contributed by atoms with E-state index in [1.165, 1.54) is 33.6 Å². The number of benzene rings is 2. The Hall–Kier alpha value is -4.24. The Kier molecular flexibility index (Phi) is 6.08. The Morgan fingerprint density at radius 2 is 1.24 bits per heavy atom. The molecule has 2 unspecified atom stereocenters. The van der Waals surface area contributed by atoms with Crippen molar-refractivity contribution in [2.24, 2.45) is 0 Å². The molecule has 0 fully saturated rings. The van der Waals surface area contributed by atoms with Gasteiger partial charge in [-0.1, -0.05) is 12.1 Å². The molecule has 206 valence electrons. The molecule has 8 nitrogen and oxygen atoms in total. The predicted molar refractivity (Wildman–Crippen MR) is 155 cm³/mol. The van der Waals surface area contributed by atoms with Crippen LogP contribution in [0.4, 0.5) is 0 Å². The van der Waals surface area contributed by atoms with E-state index in [4.69, 9.17) is 10.5 Å². The maximum Gasteiger partial charge on any atom is 0.0991 e. The molecule has 4 aliphatic rings. The van der Waals surface area contributed by atoms with Crippen molar-refractivity contribution < 1.29 is 0 Å². The minimum Gasteiger partial charge on any atom is -0.333 e. The van der Waals surface area contributed by atoms with Gasteiger partial charge in [0, 0.05) is 26.2 Å². The van der Waals surface area contributed by atoms with E-state index in [9.17, 15) is 0 Å². The first kappa shape index (κ1) is 25.7. The van der Waals surface area contributed by atoms with Crippen LogP contribution in [0, 0.1) is 22.7 Å². The fourth-order valence-electron chi connectivity index (χ4n) is 8.02. The third-order valence-corrected chi connectivity index (χ3v) is 9.93. The van der Waals surface area contributed by atoms with Crippen molar-refractivity contribution in [1.29, 1.82) is 10.5 Å². The Morgan fingerprint density at radius 1 is 0.707 bits per heavy atom. The third kappa shape index (κ3) is 3.71. The molecule has 0 radical (unpaired) electrons. The number of nitriles is 2. The molecule has 4 aromatic rings. The fourth-order valence-corrected chi connectivity index (χ4v) is 8.02. The summed E-state index contributed by atoms with van der Waals surface area (Å²) in [6.07, 6.45) is 13.5. The molecule has 8 heteroatoms. The Labute approximate surface area is 241 Å². The van der Waals surface area contributed by atoms with Gasteiger partial charge < -0.3 is 9.13 Å². The Bertz CT molecular complexity index is 1720. The first-order chi connectivity index (χ1) is 20.0. The van der Waals surface area contributed by atoms with E-state index in [0.29, 0.717) is 0 Å². The molecule has 0 saturated carbocycles. The van der Waals surface area contributed by atoms with Gasteiger partial charge in [0.2, 0.25) is 0 Å². The van der Waals surface area contributed by atoms with E-state index in [2.05, 4.69) is 73.3 Å². The summed E-state index contributed by atoms with van der Waals surface area (Å²) >= 11 is 0. The van der Waals surface area contributed by atoms with Crippen molar-refractivity contribution in [2.45, 2.75) is 62.8 Å². The molecule has 2 aromatic heterocycles. The number of aryl methyl sites for hydroxylation is 2. The van der Waals surface area contributed by atoms with Crippen LogP contribution in [0.3, 0.4) is 0 Å². The second-order valence-electron chi connectivity index (χ2n) is 11.9. The summed E-state index contributed by atoms with van der Waals surface area (Å²) < 4.78 is 4.56. The molecular formula is C33H34N8. The second-order valence-corrected chi connectivity index (χ2v) is 11.9. The molecule has 0 amide bonds. The second kappa shape index (κ2) is 9.69. The van der Waals surface area contributed by atoms with Gasteiger partial charge in [-0.05, 0) is 92.7 Å². The molecule has 0 bridgehead atoms. The number of imidazole rings is 2. The van der Waals surface area contributed by atoms with Gasteiger partial charge in [-0.3, -0.25) is 9.80 Å². The van der Waals surface area contributed by atoms with Gasteiger partial charge in [0.1, 0.15) is 0 Å². The molecular weight excluding hydrogens is 508 g/mol. The van der Waals surface area contributed by atoms with Crippen molar-refractivity contribution in [3.8, 4) is 12.1 Å². The topological polar surface area (TPSA) is 89.7 Å². The Morgan fingerprint density at radius 3 is 1.83 bits per heavy atom. The van der Waals surface area contributed by atoms with E-state index >= 15 is 0 Å². The van der Waals surface area contributed by atoms with E-state index < -0.39 is 0 Å². The molecule has 0 aliphatic carbocycles. The van der Waals surface area contributed by atoms with E-state index in [1.807, 2.05) is 43.2 Å². The minimum atomic E-state index is -0.0731. The van der Waals surface area contributed by atoms with Crippen LogP contribution < -0.4 is 0 Å². The number of hydrogen-bond donors (Lipinski definition) is 0. The molecule has 2 atom stereocenters. The van der Waals surface area contributed by atoms with Gasteiger partial charge in [0.05, 0.1) is 70.8 Å². The van der Waals surface area contributed by atoms with Crippen molar-refractivity contribution in [3.05, 3.63) is 106 Å². The predicted octanol–water partition coefficient (Wildman–Crippen LogP) is 4.52. The van der Waals surface area contributed by atoms with Crippen molar-refractivity contribution in [3.63, 3.8) is 0 Å². The van der Waals surface area contributed by atoms with Crippen LogP contribution in [-0.2, 0) is 37.1 Å². The van der Waals surface area contributed by atoms with Crippen LogP contribution in [0.2, 0.25) is 0 Å². The molecule has 8 rings (SSSR count). The van der Waals surface area contributed by atoms with Crippen LogP contribution in [0.5, 0.6) is 0 Å². The van der Waals surface area contributed by atoms with E-state index in [1.54, 1.807) is 0 Å².